The van der Waals surface area contributed by atoms with Crippen LogP contribution in [-0.2, 0) is 28.6 Å². The van der Waals surface area contributed by atoms with Gasteiger partial charge in [0.25, 0.3) is 0 Å². The third-order valence-electron chi connectivity index (χ3n) is 10.7. The van der Waals surface area contributed by atoms with Crippen molar-refractivity contribution in [3.63, 3.8) is 0 Å². The minimum absolute atomic E-state index is 0.118. The molecule has 0 radical (unpaired) electrons. The van der Waals surface area contributed by atoms with Gasteiger partial charge in [0.05, 0.1) is 0 Å². The molecule has 0 amide bonds. The van der Waals surface area contributed by atoms with Crippen LogP contribution in [0.2, 0.25) is 0 Å². The fourth-order valence-electron chi connectivity index (χ4n) is 6.71. The Balaban J connectivity index is 4.56. The number of carbonyl (C=O) groups is 3. The van der Waals surface area contributed by atoms with Crippen molar-refractivity contribution in [1.82, 2.24) is 0 Å². The molecule has 0 fully saturated rings. The van der Waals surface area contributed by atoms with Crippen LogP contribution in [-0.4, -0.2) is 37.2 Å². The zero-order valence-corrected chi connectivity index (χ0v) is 42.4. The highest BCUT2D eigenvalue weighted by molar-refractivity contribution is 5.71. The monoisotopic (exact) mass is 913 g/mol. The second-order valence-corrected chi connectivity index (χ2v) is 17.0. The number of hydrogen-bond acceptors (Lipinski definition) is 6. The van der Waals surface area contributed by atoms with Crippen LogP contribution in [0.15, 0.2) is 122 Å². The number of esters is 3. The molecule has 1 atom stereocenters. The van der Waals surface area contributed by atoms with Gasteiger partial charge in [-0.05, 0) is 116 Å². The van der Waals surface area contributed by atoms with Gasteiger partial charge in [-0.3, -0.25) is 14.4 Å². The molecular formula is C60H96O6. The van der Waals surface area contributed by atoms with Gasteiger partial charge in [-0.2, -0.15) is 0 Å². The molecule has 6 nitrogen and oxygen atoms in total. The van der Waals surface area contributed by atoms with Gasteiger partial charge in [0.2, 0.25) is 0 Å². The third-order valence-corrected chi connectivity index (χ3v) is 10.7. The van der Waals surface area contributed by atoms with Crippen LogP contribution in [0.5, 0.6) is 0 Å². The summed E-state index contributed by atoms with van der Waals surface area (Å²) in [4.78, 5) is 38.0. The Morgan fingerprint density at radius 1 is 0.318 bits per heavy atom. The lowest BCUT2D eigenvalue weighted by atomic mass is 10.1. The van der Waals surface area contributed by atoms with Gasteiger partial charge in [0, 0.05) is 19.3 Å². The van der Waals surface area contributed by atoms with E-state index in [0.29, 0.717) is 12.8 Å². The van der Waals surface area contributed by atoms with Crippen molar-refractivity contribution >= 4 is 17.9 Å². The van der Waals surface area contributed by atoms with Crippen LogP contribution in [0, 0.1) is 0 Å². The normalized spacial score (nSPS) is 13.1. The lowest BCUT2D eigenvalue weighted by Crippen LogP contribution is -2.30. The maximum absolute atomic E-state index is 12.8. The summed E-state index contributed by atoms with van der Waals surface area (Å²) >= 11 is 0. The molecule has 0 spiro atoms. The van der Waals surface area contributed by atoms with E-state index < -0.39 is 6.10 Å². The average molecular weight is 913 g/mol. The summed E-state index contributed by atoms with van der Waals surface area (Å²) in [6.07, 6.45) is 73.3. The molecule has 0 aromatic carbocycles. The largest absolute Gasteiger partial charge is 0.462 e. The minimum Gasteiger partial charge on any atom is -0.462 e. The molecule has 0 heterocycles. The zero-order valence-electron chi connectivity index (χ0n) is 42.4. The van der Waals surface area contributed by atoms with E-state index in [4.69, 9.17) is 14.2 Å². The van der Waals surface area contributed by atoms with Gasteiger partial charge in [0.1, 0.15) is 13.2 Å². The van der Waals surface area contributed by atoms with Crippen molar-refractivity contribution in [1.29, 1.82) is 0 Å². The van der Waals surface area contributed by atoms with E-state index >= 15 is 0 Å². The van der Waals surface area contributed by atoms with Crippen molar-refractivity contribution in [2.75, 3.05) is 13.2 Å². The van der Waals surface area contributed by atoms with E-state index in [1.54, 1.807) is 0 Å². The van der Waals surface area contributed by atoms with Crippen LogP contribution in [0.25, 0.3) is 0 Å². The summed E-state index contributed by atoms with van der Waals surface area (Å²) in [7, 11) is 0. The number of rotatable bonds is 46. The van der Waals surface area contributed by atoms with Crippen LogP contribution < -0.4 is 0 Å². The number of carbonyl (C=O) groups excluding carboxylic acids is 3. The van der Waals surface area contributed by atoms with Crippen LogP contribution in [0.4, 0.5) is 0 Å². The zero-order chi connectivity index (χ0) is 47.9. The predicted octanol–water partition coefficient (Wildman–Crippen LogP) is 17.7. The molecule has 372 valence electrons. The van der Waals surface area contributed by atoms with Crippen LogP contribution in [0.1, 0.15) is 220 Å². The molecule has 0 aliphatic rings. The second-order valence-electron chi connectivity index (χ2n) is 17.0. The van der Waals surface area contributed by atoms with Crippen molar-refractivity contribution in [2.24, 2.45) is 0 Å². The highest BCUT2D eigenvalue weighted by Gasteiger charge is 2.19. The molecule has 1 unspecified atom stereocenters. The van der Waals surface area contributed by atoms with Gasteiger partial charge >= 0.3 is 17.9 Å². The van der Waals surface area contributed by atoms with Gasteiger partial charge in [-0.1, -0.05) is 206 Å². The van der Waals surface area contributed by atoms with Crippen LogP contribution in [0.3, 0.4) is 0 Å². The molecular weight excluding hydrogens is 817 g/mol. The SMILES string of the molecule is CC/C=C\C/C=C\C/C=C\C/C=C\C/C=C\C/C=C\CCC(=O)OCC(COC(=O)CCCCCCC/C=C\C/C=C\CCC)OC(=O)CCCCCCC/C=C\C/C=C\CCCCCC. The first-order chi connectivity index (χ1) is 32.5. The van der Waals surface area contributed by atoms with Gasteiger partial charge < -0.3 is 14.2 Å². The predicted molar refractivity (Wildman–Crippen MR) is 283 cm³/mol. The Hall–Kier alpha value is -4.19. The quantitative estimate of drug-likeness (QED) is 0.0262. The highest BCUT2D eigenvalue weighted by Crippen LogP contribution is 2.12. The van der Waals surface area contributed by atoms with E-state index in [1.165, 1.54) is 38.5 Å². The molecule has 6 heteroatoms. The summed E-state index contributed by atoms with van der Waals surface area (Å²) in [5.74, 6) is -1.04. The Labute approximate surface area is 405 Å². The Morgan fingerprint density at radius 2 is 0.652 bits per heavy atom. The van der Waals surface area contributed by atoms with Crippen molar-refractivity contribution in [3.8, 4) is 0 Å². The highest BCUT2D eigenvalue weighted by atomic mass is 16.6. The van der Waals surface area contributed by atoms with Crippen molar-refractivity contribution < 1.29 is 28.6 Å². The Morgan fingerprint density at radius 3 is 1.08 bits per heavy atom. The van der Waals surface area contributed by atoms with E-state index in [2.05, 4.69) is 130 Å². The molecule has 0 aliphatic heterocycles. The van der Waals surface area contributed by atoms with Gasteiger partial charge in [-0.25, -0.2) is 0 Å². The fourth-order valence-corrected chi connectivity index (χ4v) is 6.71. The summed E-state index contributed by atoms with van der Waals surface area (Å²) in [6.45, 7) is 6.34. The number of hydrogen-bond donors (Lipinski definition) is 0. The summed E-state index contributed by atoms with van der Waals surface area (Å²) in [5, 5.41) is 0. The average Bonchev–Trinajstić information content (AvgIpc) is 3.31. The van der Waals surface area contributed by atoms with Crippen molar-refractivity contribution in [2.45, 2.75) is 226 Å². The molecule has 0 aliphatic carbocycles. The molecule has 0 bridgehead atoms. The summed E-state index contributed by atoms with van der Waals surface area (Å²) in [6, 6.07) is 0. The van der Waals surface area contributed by atoms with E-state index in [1.807, 2.05) is 12.2 Å². The summed E-state index contributed by atoms with van der Waals surface area (Å²) < 4.78 is 16.7. The minimum atomic E-state index is -0.825. The molecule has 0 aromatic rings. The van der Waals surface area contributed by atoms with Gasteiger partial charge in [-0.15, -0.1) is 0 Å². The maximum atomic E-state index is 12.8. The molecule has 0 aromatic heterocycles. The maximum Gasteiger partial charge on any atom is 0.306 e. The fraction of sp³-hybridized carbons (Fsp3) is 0.617. The number of ether oxygens (including phenoxy) is 3. The molecule has 66 heavy (non-hydrogen) atoms. The molecule has 0 rings (SSSR count). The number of allylic oxidation sites excluding steroid dienone is 20. The second kappa shape index (κ2) is 53.4. The Kier molecular flexibility index (Phi) is 50.0. The standard InChI is InChI=1S/C60H96O6/c1-4-7-10-13-16-19-22-25-27-29-30-31-33-35-38-41-44-47-50-53-59(62)65-56-57(55-64-58(61)52-49-46-43-40-37-34-24-21-18-15-12-9-6-3)66-60(63)54-51-48-45-42-39-36-32-28-26-23-20-17-14-11-8-5-2/h7,10,12,15-16,19-21,23-25,27-28,30-32,35,38,44,47,57H,4-6,8-9,11,13-14,17-18,22,26,29,33-34,36-37,39-43,45-46,48-56H2,1-3H3/b10-7-,15-12-,19-16-,23-20-,24-21-,27-25-,31-30-,32-28-,38-35-,47-44-. The van der Waals surface area contributed by atoms with Crippen LogP contribution >= 0.6 is 0 Å². The van der Waals surface area contributed by atoms with E-state index in [0.717, 1.165) is 135 Å². The first-order valence-electron chi connectivity index (χ1n) is 26.5. The first-order valence-corrected chi connectivity index (χ1v) is 26.5. The summed E-state index contributed by atoms with van der Waals surface area (Å²) in [5.41, 5.74) is 0. The van der Waals surface area contributed by atoms with Gasteiger partial charge in [0.15, 0.2) is 6.10 Å². The molecule has 0 N–H and O–H groups in total. The van der Waals surface area contributed by atoms with Crippen molar-refractivity contribution in [3.05, 3.63) is 122 Å². The van der Waals surface area contributed by atoms with E-state index in [9.17, 15) is 14.4 Å². The first kappa shape index (κ1) is 61.8. The Bertz CT molecular complexity index is 1420. The smallest absolute Gasteiger partial charge is 0.306 e. The lowest BCUT2D eigenvalue weighted by molar-refractivity contribution is -0.166. The number of unbranched alkanes of at least 4 members (excludes halogenated alkanes) is 15. The topological polar surface area (TPSA) is 78.9 Å². The third kappa shape index (κ3) is 50.8. The van der Waals surface area contributed by atoms with E-state index in [-0.39, 0.29) is 44.0 Å². The molecule has 0 saturated heterocycles. The lowest BCUT2D eigenvalue weighted by Gasteiger charge is -2.18. The molecule has 0 saturated carbocycles.